The van der Waals surface area contributed by atoms with E-state index in [1.165, 1.54) is 17.8 Å². The summed E-state index contributed by atoms with van der Waals surface area (Å²) in [5.41, 5.74) is -0.391. The molecule has 0 unspecified atom stereocenters. The number of rotatable bonds is 2. The van der Waals surface area contributed by atoms with Gasteiger partial charge < -0.3 is 4.42 Å². The molecule has 0 N–H and O–H groups in total. The van der Waals surface area contributed by atoms with E-state index in [-0.39, 0.29) is 16.5 Å². The van der Waals surface area contributed by atoms with Gasteiger partial charge in [0, 0.05) is 4.90 Å². The van der Waals surface area contributed by atoms with Crippen molar-refractivity contribution in [3.05, 3.63) is 70.3 Å². The average molecular weight is 297 g/mol. The Hall–Kier alpha value is -2.58. The quantitative estimate of drug-likeness (QED) is 0.718. The minimum Gasteiger partial charge on any atom is -0.463 e. The van der Waals surface area contributed by atoms with Crippen LogP contribution in [-0.2, 0) is 0 Å². The largest absolute Gasteiger partial charge is 0.463 e. The fourth-order valence-corrected chi connectivity index (χ4v) is 2.77. The molecule has 0 aliphatic rings. The van der Waals surface area contributed by atoms with E-state index < -0.39 is 11.2 Å². The third-order valence-electron chi connectivity index (χ3n) is 2.92. The highest BCUT2D eigenvalue weighted by atomic mass is 32.2. The van der Waals surface area contributed by atoms with Gasteiger partial charge in [-0.3, -0.25) is 4.79 Å². The normalized spacial score (nSPS) is 10.5. The maximum absolute atomic E-state index is 14.1. The molecule has 21 heavy (non-hydrogen) atoms. The first kappa shape index (κ1) is 13.4. The van der Waals surface area contributed by atoms with Crippen molar-refractivity contribution in [1.82, 2.24) is 0 Å². The van der Waals surface area contributed by atoms with Gasteiger partial charge in [0.25, 0.3) is 0 Å². The van der Waals surface area contributed by atoms with Crippen LogP contribution in [0.3, 0.4) is 0 Å². The number of fused-ring (bicyclic) bond motifs is 1. The minimum atomic E-state index is -0.520. The molecule has 0 aliphatic heterocycles. The third-order valence-corrected chi connectivity index (χ3v) is 3.96. The van der Waals surface area contributed by atoms with Crippen LogP contribution in [0, 0.1) is 17.1 Å². The van der Waals surface area contributed by atoms with E-state index in [2.05, 4.69) is 0 Å². The Morgan fingerprint density at radius 2 is 1.95 bits per heavy atom. The lowest BCUT2D eigenvalue weighted by Crippen LogP contribution is -2.05. The highest BCUT2D eigenvalue weighted by molar-refractivity contribution is 7.99. The third kappa shape index (κ3) is 2.54. The number of hydrogen-bond acceptors (Lipinski definition) is 4. The Morgan fingerprint density at radius 1 is 1.19 bits per heavy atom. The van der Waals surface area contributed by atoms with Gasteiger partial charge in [-0.1, -0.05) is 30.0 Å². The van der Waals surface area contributed by atoms with Crippen molar-refractivity contribution < 1.29 is 8.81 Å². The van der Waals surface area contributed by atoms with Crippen LogP contribution in [0.1, 0.15) is 5.56 Å². The highest BCUT2D eigenvalue weighted by Gasteiger charge is 2.12. The summed E-state index contributed by atoms with van der Waals surface area (Å²) in [6.45, 7) is 0. The molecule has 0 aliphatic carbocycles. The zero-order valence-electron chi connectivity index (χ0n) is 10.7. The number of nitriles is 1. The molecule has 1 aromatic heterocycles. The Morgan fingerprint density at radius 3 is 2.67 bits per heavy atom. The molecule has 0 atom stereocenters. The molecule has 3 nitrogen and oxygen atoms in total. The zero-order chi connectivity index (χ0) is 14.8. The Balaban J connectivity index is 2.13. The van der Waals surface area contributed by atoms with Crippen LogP contribution in [0.2, 0.25) is 0 Å². The van der Waals surface area contributed by atoms with Gasteiger partial charge >= 0.3 is 0 Å². The molecule has 0 spiro atoms. The molecule has 0 saturated carbocycles. The summed E-state index contributed by atoms with van der Waals surface area (Å²) in [5.74, 6) is -0.515. The zero-order valence-corrected chi connectivity index (χ0v) is 11.5. The SMILES string of the molecule is N#Cc1coc2cc(Sc3ccccc3)c(F)cc2c1=O. The fourth-order valence-electron chi connectivity index (χ4n) is 1.90. The maximum atomic E-state index is 14.1. The molecule has 1 heterocycles. The topological polar surface area (TPSA) is 54.0 Å². The van der Waals surface area contributed by atoms with Crippen molar-refractivity contribution in [1.29, 1.82) is 5.26 Å². The van der Waals surface area contributed by atoms with Crippen molar-refractivity contribution in [2.45, 2.75) is 9.79 Å². The lowest BCUT2D eigenvalue weighted by molar-refractivity contribution is 0.583. The number of hydrogen-bond donors (Lipinski definition) is 0. The number of halogens is 1. The van der Waals surface area contributed by atoms with Crippen molar-refractivity contribution >= 4 is 22.7 Å². The van der Waals surface area contributed by atoms with Crippen LogP contribution in [0.15, 0.2) is 67.7 Å². The lowest BCUT2D eigenvalue weighted by atomic mass is 10.2. The molecule has 0 fully saturated rings. The molecule has 5 heteroatoms. The van der Waals surface area contributed by atoms with Gasteiger partial charge in [0.2, 0.25) is 5.43 Å². The summed E-state index contributed by atoms with van der Waals surface area (Å²) in [6.07, 6.45) is 1.10. The fraction of sp³-hybridized carbons (Fsp3) is 0. The second kappa shape index (κ2) is 5.43. The predicted molar refractivity (Wildman–Crippen MR) is 77.7 cm³/mol. The summed E-state index contributed by atoms with van der Waals surface area (Å²) < 4.78 is 19.4. The predicted octanol–water partition coefficient (Wildman–Crippen LogP) is 3.95. The van der Waals surface area contributed by atoms with Crippen molar-refractivity contribution in [2.24, 2.45) is 0 Å². The van der Waals surface area contributed by atoms with E-state index in [1.807, 2.05) is 30.3 Å². The van der Waals surface area contributed by atoms with Gasteiger partial charge in [0.15, 0.2) is 0 Å². The summed E-state index contributed by atoms with van der Waals surface area (Å²) in [4.78, 5) is 13.2. The summed E-state index contributed by atoms with van der Waals surface area (Å²) in [7, 11) is 0. The van der Waals surface area contributed by atoms with E-state index in [0.29, 0.717) is 4.90 Å². The van der Waals surface area contributed by atoms with Gasteiger partial charge in [-0.15, -0.1) is 0 Å². The Bertz CT molecular complexity index is 913. The molecule has 102 valence electrons. The number of benzene rings is 2. The summed E-state index contributed by atoms with van der Waals surface area (Å²) in [6, 6.07) is 13.7. The molecule has 2 aromatic carbocycles. The van der Waals surface area contributed by atoms with Gasteiger partial charge in [0.1, 0.15) is 29.3 Å². The monoisotopic (exact) mass is 297 g/mol. The van der Waals surface area contributed by atoms with E-state index in [4.69, 9.17) is 9.68 Å². The smallest absolute Gasteiger partial charge is 0.210 e. The van der Waals surface area contributed by atoms with E-state index in [1.54, 1.807) is 6.07 Å². The van der Waals surface area contributed by atoms with E-state index in [9.17, 15) is 9.18 Å². The van der Waals surface area contributed by atoms with Crippen LogP contribution in [0.4, 0.5) is 4.39 Å². The average Bonchev–Trinajstić information content (AvgIpc) is 2.50. The summed E-state index contributed by atoms with van der Waals surface area (Å²) in [5, 5.41) is 8.86. The van der Waals surface area contributed by atoms with Crippen molar-refractivity contribution in [2.75, 3.05) is 0 Å². The second-order valence-electron chi connectivity index (χ2n) is 4.28. The van der Waals surface area contributed by atoms with Gasteiger partial charge in [-0.2, -0.15) is 5.26 Å². The molecule has 0 amide bonds. The maximum Gasteiger partial charge on any atom is 0.210 e. The molecular weight excluding hydrogens is 289 g/mol. The summed E-state index contributed by atoms with van der Waals surface area (Å²) >= 11 is 1.24. The molecular formula is C16H8FNO2S. The van der Waals surface area contributed by atoms with Crippen LogP contribution in [0.5, 0.6) is 0 Å². The standard InChI is InChI=1S/C16H8FNO2S/c17-13-6-12-14(20-9-10(8-18)16(12)19)7-15(13)21-11-4-2-1-3-5-11/h1-7,9H. The van der Waals surface area contributed by atoms with Crippen LogP contribution in [0.25, 0.3) is 11.0 Å². The van der Waals surface area contributed by atoms with Crippen LogP contribution >= 0.6 is 11.8 Å². The minimum absolute atomic E-state index is 0.0731. The molecule has 0 saturated heterocycles. The second-order valence-corrected chi connectivity index (χ2v) is 5.40. The van der Waals surface area contributed by atoms with Gasteiger partial charge in [-0.25, -0.2) is 4.39 Å². The van der Waals surface area contributed by atoms with Crippen molar-refractivity contribution in [3.63, 3.8) is 0 Å². The first-order chi connectivity index (χ1) is 10.2. The first-order valence-corrected chi connectivity index (χ1v) is 6.89. The van der Waals surface area contributed by atoms with Gasteiger partial charge in [-0.05, 0) is 24.3 Å². The van der Waals surface area contributed by atoms with Crippen molar-refractivity contribution in [3.8, 4) is 6.07 Å². The number of nitrogens with zero attached hydrogens (tertiary/aromatic N) is 1. The Kier molecular flexibility index (Phi) is 3.46. The Labute approximate surface area is 123 Å². The molecule has 3 rings (SSSR count). The highest BCUT2D eigenvalue weighted by Crippen LogP contribution is 2.31. The van der Waals surface area contributed by atoms with E-state index >= 15 is 0 Å². The lowest BCUT2D eigenvalue weighted by Gasteiger charge is -2.05. The van der Waals surface area contributed by atoms with Gasteiger partial charge in [0.05, 0.1) is 10.3 Å². The van der Waals surface area contributed by atoms with Crippen LogP contribution < -0.4 is 5.43 Å². The molecule has 3 aromatic rings. The van der Waals surface area contributed by atoms with E-state index in [0.717, 1.165) is 17.2 Å². The molecule has 0 radical (unpaired) electrons. The molecule has 0 bridgehead atoms. The first-order valence-electron chi connectivity index (χ1n) is 6.07. The van der Waals surface area contributed by atoms with Crippen LogP contribution in [-0.4, -0.2) is 0 Å².